The number of aromatic nitrogens is 1. The maximum atomic E-state index is 4.32. The van der Waals surface area contributed by atoms with Crippen molar-refractivity contribution in [1.29, 1.82) is 0 Å². The van der Waals surface area contributed by atoms with Crippen molar-refractivity contribution in [2.45, 2.75) is 20.4 Å². The normalized spacial score (nSPS) is 10.7. The molecule has 0 amide bonds. The molecule has 0 aliphatic carbocycles. The van der Waals surface area contributed by atoms with Gasteiger partial charge in [0.25, 0.3) is 0 Å². The zero-order chi connectivity index (χ0) is 8.97. The average Bonchev–Trinajstić information content (AvgIpc) is 2.09. The van der Waals surface area contributed by atoms with E-state index in [-0.39, 0.29) is 0 Å². The van der Waals surface area contributed by atoms with Crippen LogP contribution in [0.2, 0.25) is 0 Å². The Balaban J connectivity index is 2.69. The van der Waals surface area contributed by atoms with E-state index in [0.717, 1.165) is 13.1 Å². The summed E-state index contributed by atoms with van der Waals surface area (Å²) in [4.78, 5) is 6.57. The highest BCUT2D eigenvalue weighted by Crippen LogP contribution is 2.05. The summed E-state index contributed by atoms with van der Waals surface area (Å²) in [5.41, 5.74) is 2.46. The monoisotopic (exact) mass is 164 g/mol. The molecule has 2 nitrogen and oxygen atoms in total. The lowest BCUT2D eigenvalue weighted by Gasteiger charge is -2.14. The molecule has 0 aliphatic rings. The van der Waals surface area contributed by atoms with Crippen LogP contribution in [-0.2, 0) is 6.54 Å². The molecule has 0 saturated carbocycles. The molecule has 0 unspecified atom stereocenters. The Morgan fingerprint density at radius 3 is 2.83 bits per heavy atom. The minimum absolute atomic E-state index is 0.948. The quantitative estimate of drug-likeness (QED) is 0.677. The van der Waals surface area contributed by atoms with Gasteiger partial charge in [-0.15, -0.1) is 0 Å². The fraction of sp³-hybridized carbons (Fsp3) is 0.500. The van der Waals surface area contributed by atoms with Crippen LogP contribution in [0.3, 0.4) is 0 Å². The first-order chi connectivity index (χ1) is 5.74. The van der Waals surface area contributed by atoms with Gasteiger partial charge in [0, 0.05) is 12.7 Å². The summed E-state index contributed by atoms with van der Waals surface area (Å²) in [5, 5.41) is 0. The molecule has 0 atom stereocenters. The Kier molecular flexibility index (Phi) is 3.23. The van der Waals surface area contributed by atoms with E-state index < -0.39 is 0 Å². The van der Waals surface area contributed by atoms with Crippen LogP contribution in [-0.4, -0.2) is 23.5 Å². The first-order valence-electron chi connectivity index (χ1n) is 4.33. The van der Waals surface area contributed by atoms with Crippen LogP contribution in [0.5, 0.6) is 0 Å². The van der Waals surface area contributed by atoms with Crippen molar-refractivity contribution in [2.24, 2.45) is 0 Å². The first-order valence-corrected chi connectivity index (χ1v) is 4.33. The van der Waals surface area contributed by atoms with E-state index in [4.69, 9.17) is 0 Å². The molecular weight excluding hydrogens is 148 g/mol. The zero-order valence-corrected chi connectivity index (χ0v) is 8.04. The van der Waals surface area contributed by atoms with Gasteiger partial charge in [0.2, 0.25) is 0 Å². The standard InChI is InChI=1S/C10H16N2/c1-4-12(3)8-10-9(2)6-5-7-11-10/h5-7H,4,8H2,1-3H3. The molecule has 0 saturated heterocycles. The maximum Gasteiger partial charge on any atom is 0.0572 e. The van der Waals surface area contributed by atoms with Crippen LogP contribution in [0.4, 0.5) is 0 Å². The number of hydrogen-bond donors (Lipinski definition) is 0. The summed E-state index contributed by atoms with van der Waals surface area (Å²) in [6, 6.07) is 4.08. The third-order valence-electron chi connectivity index (χ3n) is 2.08. The molecule has 1 aromatic rings. The zero-order valence-electron chi connectivity index (χ0n) is 8.04. The second-order valence-corrected chi connectivity index (χ2v) is 3.10. The van der Waals surface area contributed by atoms with E-state index in [0.29, 0.717) is 0 Å². The summed E-state index contributed by atoms with van der Waals surface area (Å²) in [6.45, 7) is 6.27. The van der Waals surface area contributed by atoms with Crippen LogP contribution < -0.4 is 0 Å². The Labute approximate surface area is 74.2 Å². The van der Waals surface area contributed by atoms with Crippen molar-refractivity contribution in [1.82, 2.24) is 9.88 Å². The number of aryl methyl sites for hydroxylation is 1. The molecule has 0 spiro atoms. The molecule has 1 rings (SSSR count). The van der Waals surface area contributed by atoms with Crippen molar-refractivity contribution in [3.05, 3.63) is 29.6 Å². The number of nitrogens with zero attached hydrogens (tertiary/aromatic N) is 2. The van der Waals surface area contributed by atoms with Crippen LogP contribution in [0.1, 0.15) is 18.2 Å². The third-order valence-corrected chi connectivity index (χ3v) is 2.08. The van der Waals surface area contributed by atoms with Crippen molar-refractivity contribution in [3.63, 3.8) is 0 Å². The van der Waals surface area contributed by atoms with Gasteiger partial charge in [0.1, 0.15) is 0 Å². The Morgan fingerprint density at radius 1 is 1.50 bits per heavy atom. The van der Waals surface area contributed by atoms with Gasteiger partial charge in [-0.3, -0.25) is 4.98 Å². The minimum atomic E-state index is 0.948. The van der Waals surface area contributed by atoms with Gasteiger partial charge in [0.15, 0.2) is 0 Å². The molecule has 2 heteroatoms. The number of hydrogen-bond acceptors (Lipinski definition) is 2. The van der Waals surface area contributed by atoms with E-state index in [1.165, 1.54) is 11.3 Å². The molecule has 0 fully saturated rings. The summed E-state index contributed by atoms with van der Waals surface area (Å²) >= 11 is 0. The predicted molar refractivity (Wildman–Crippen MR) is 51.0 cm³/mol. The average molecular weight is 164 g/mol. The SMILES string of the molecule is CCN(C)Cc1ncccc1C. The van der Waals surface area contributed by atoms with E-state index in [9.17, 15) is 0 Å². The minimum Gasteiger partial charge on any atom is -0.301 e. The lowest BCUT2D eigenvalue weighted by molar-refractivity contribution is 0.340. The smallest absolute Gasteiger partial charge is 0.0572 e. The Hall–Kier alpha value is -0.890. The highest BCUT2D eigenvalue weighted by molar-refractivity contribution is 5.17. The van der Waals surface area contributed by atoms with Gasteiger partial charge < -0.3 is 4.90 Å². The predicted octanol–water partition coefficient (Wildman–Crippen LogP) is 1.84. The summed E-state index contributed by atoms with van der Waals surface area (Å²) < 4.78 is 0. The highest BCUT2D eigenvalue weighted by atomic mass is 15.1. The van der Waals surface area contributed by atoms with Crippen LogP contribution >= 0.6 is 0 Å². The van der Waals surface area contributed by atoms with Crippen molar-refractivity contribution < 1.29 is 0 Å². The molecule has 1 heterocycles. The highest BCUT2D eigenvalue weighted by Gasteiger charge is 2.00. The van der Waals surface area contributed by atoms with E-state index in [1.54, 1.807) is 0 Å². The Bertz CT molecular complexity index is 245. The van der Waals surface area contributed by atoms with Crippen LogP contribution in [0, 0.1) is 6.92 Å². The van der Waals surface area contributed by atoms with E-state index in [1.807, 2.05) is 12.3 Å². The van der Waals surface area contributed by atoms with Gasteiger partial charge in [-0.25, -0.2) is 0 Å². The molecule has 0 aliphatic heterocycles. The molecule has 66 valence electrons. The lowest BCUT2D eigenvalue weighted by atomic mass is 10.2. The fourth-order valence-electron chi connectivity index (χ4n) is 1.05. The number of pyridine rings is 1. The fourth-order valence-corrected chi connectivity index (χ4v) is 1.05. The summed E-state index contributed by atoms with van der Waals surface area (Å²) in [7, 11) is 2.11. The molecular formula is C10H16N2. The molecule has 0 radical (unpaired) electrons. The van der Waals surface area contributed by atoms with E-state index in [2.05, 4.69) is 36.8 Å². The third kappa shape index (κ3) is 2.31. The van der Waals surface area contributed by atoms with E-state index >= 15 is 0 Å². The molecule has 12 heavy (non-hydrogen) atoms. The summed E-state index contributed by atoms with van der Waals surface area (Å²) in [6.07, 6.45) is 1.85. The van der Waals surface area contributed by atoms with Gasteiger partial charge in [-0.1, -0.05) is 13.0 Å². The molecule has 0 aromatic carbocycles. The molecule has 0 N–H and O–H groups in total. The number of rotatable bonds is 3. The Morgan fingerprint density at radius 2 is 2.25 bits per heavy atom. The van der Waals surface area contributed by atoms with Crippen LogP contribution in [0.25, 0.3) is 0 Å². The lowest BCUT2D eigenvalue weighted by Crippen LogP contribution is -2.18. The second-order valence-electron chi connectivity index (χ2n) is 3.10. The summed E-state index contributed by atoms with van der Waals surface area (Å²) in [5.74, 6) is 0. The van der Waals surface area contributed by atoms with Crippen molar-refractivity contribution in [3.8, 4) is 0 Å². The van der Waals surface area contributed by atoms with Gasteiger partial charge in [-0.05, 0) is 32.1 Å². The van der Waals surface area contributed by atoms with Crippen molar-refractivity contribution in [2.75, 3.05) is 13.6 Å². The maximum absolute atomic E-state index is 4.32. The van der Waals surface area contributed by atoms with Gasteiger partial charge >= 0.3 is 0 Å². The molecule has 1 aromatic heterocycles. The van der Waals surface area contributed by atoms with Gasteiger partial charge in [-0.2, -0.15) is 0 Å². The largest absolute Gasteiger partial charge is 0.301 e. The topological polar surface area (TPSA) is 16.1 Å². The van der Waals surface area contributed by atoms with Crippen LogP contribution in [0.15, 0.2) is 18.3 Å². The van der Waals surface area contributed by atoms with Crippen molar-refractivity contribution >= 4 is 0 Å². The van der Waals surface area contributed by atoms with Gasteiger partial charge in [0.05, 0.1) is 5.69 Å². The molecule has 0 bridgehead atoms. The first kappa shape index (κ1) is 9.20. The second kappa shape index (κ2) is 4.21.